The van der Waals surface area contributed by atoms with E-state index in [1.54, 1.807) is 0 Å². The van der Waals surface area contributed by atoms with Gasteiger partial charge in [0.25, 0.3) is 0 Å². The summed E-state index contributed by atoms with van der Waals surface area (Å²) in [6.07, 6.45) is 0.193. The van der Waals surface area contributed by atoms with Crippen LogP contribution in [0.2, 0.25) is 0 Å². The number of carbonyl (C=O) groups excluding carboxylic acids is 2. The van der Waals surface area contributed by atoms with Crippen molar-refractivity contribution in [2.75, 3.05) is 6.61 Å². The maximum absolute atomic E-state index is 12.7. The number of nitrogens with one attached hydrogen (secondary N) is 1. The number of rotatable bonds is 8. The van der Waals surface area contributed by atoms with Crippen LogP contribution in [0.25, 0.3) is 11.1 Å². The molecule has 1 atom stereocenters. The van der Waals surface area contributed by atoms with Crippen LogP contribution in [0.5, 0.6) is 5.75 Å². The summed E-state index contributed by atoms with van der Waals surface area (Å²) in [6.45, 7) is 6.41. The molecule has 5 nitrogen and oxygen atoms in total. The number of esters is 1. The minimum absolute atomic E-state index is 0.0215. The second-order valence-corrected chi connectivity index (χ2v) is 9.23. The van der Waals surface area contributed by atoms with Gasteiger partial charge in [-0.05, 0) is 38.0 Å². The first-order valence-corrected chi connectivity index (χ1v) is 11.2. The van der Waals surface area contributed by atoms with Crippen molar-refractivity contribution in [3.63, 3.8) is 0 Å². The van der Waals surface area contributed by atoms with Crippen LogP contribution in [0.15, 0.2) is 72.8 Å². The summed E-state index contributed by atoms with van der Waals surface area (Å²) < 4.78 is 11.9. The lowest BCUT2D eigenvalue weighted by Gasteiger charge is -2.28. The molecule has 0 bridgehead atoms. The van der Waals surface area contributed by atoms with Crippen LogP contribution >= 0.6 is 0 Å². The van der Waals surface area contributed by atoms with Crippen LogP contribution in [-0.2, 0) is 16.0 Å². The Hall–Kier alpha value is -3.44. The number of fused-ring (bicyclic) bond motifs is 3. The molecule has 0 radical (unpaired) electrons. The molecule has 3 aromatic rings. The lowest BCUT2D eigenvalue weighted by Crippen LogP contribution is -2.46. The van der Waals surface area contributed by atoms with Gasteiger partial charge >= 0.3 is 5.97 Å². The van der Waals surface area contributed by atoms with Gasteiger partial charge in [0.15, 0.2) is 12.0 Å². The molecule has 0 aromatic heterocycles. The fourth-order valence-electron chi connectivity index (χ4n) is 4.04. The molecule has 0 saturated heterocycles. The van der Waals surface area contributed by atoms with E-state index in [4.69, 9.17) is 9.47 Å². The van der Waals surface area contributed by atoms with Crippen molar-refractivity contribution in [2.24, 2.45) is 0 Å². The lowest BCUT2D eigenvalue weighted by atomic mass is 10.0. The number of ketones is 1. The minimum Gasteiger partial charge on any atom is -0.493 e. The van der Waals surface area contributed by atoms with E-state index in [9.17, 15) is 9.59 Å². The Kier molecular flexibility index (Phi) is 6.61. The van der Waals surface area contributed by atoms with Gasteiger partial charge in [-0.15, -0.1) is 0 Å². The second-order valence-electron chi connectivity index (χ2n) is 9.23. The molecule has 0 fully saturated rings. The molecule has 1 unspecified atom stereocenters. The summed E-state index contributed by atoms with van der Waals surface area (Å²) in [4.78, 5) is 25.3. The number of hydrogen-bond acceptors (Lipinski definition) is 5. The zero-order chi connectivity index (χ0) is 23.4. The zero-order valence-electron chi connectivity index (χ0n) is 19.3. The summed E-state index contributed by atoms with van der Waals surface area (Å²) in [6, 6.07) is 22.7. The van der Waals surface area contributed by atoms with Crippen molar-refractivity contribution in [3.8, 4) is 16.9 Å². The van der Waals surface area contributed by atoms with Gasteiger partial charge in [0.2, 0.25) is 0 Å². The third kappa shape index (κ3) is 5.49. The quantitative estimate of drug-likeness (QED) is 0.301. The fourth-order valence-corrected chi connectivity index (χ4v) is 4.04. The van der Waals surface area contributed by atoms with Crippen molar-refractivity contribution < 1.29 is 19.1 Å². The highest BCUT2D eigenvalue weighted by molar-refractivity contribution is 6.22. The molecule has 170 valence electrons. The van der Waals surface area contributed by atoms with Gasteiger partial charge in [-0.1, -0.05) is 66.7 Å². The molecule has 3 aromatic carbocycles. The monoisotopic (exact) mass is 443 g/mol. The molecule has 5 heteroatoms. The number of benzene rings is 3. The van der Waals surface area contributed by atoms with E-state index >= 15 is 0 Å². The summed E-state index contributed by atoms with van der Waals surface area (Å²) >= 11 is 0. The molecule has 0 heterocycles. The molecule has 0 aliphatic heterocycles. The van der Waals surface area contributed by atoms with E-state index in [2.05, 4.69) is 5.32 Å². The average Bonchev–Trinajstić information content (AvgIpc) is 3.06. The highest BCUT2D eigenvalue weighted by Gasteiger charge is 2.29. The van der Waals surface area contributed by atoms with Gasteiger partial charge in [-0.2, -0.15) is 0 Å². The first kappa shape index (κ1) is 22.7. The van der Waals surface area contributed by atoms with Crippen molar-refractivity contribution in [3.05, 3.63) is 89.5 Å². The molecule has 0 amide bonds. The van der Waals surface area contributed by atoms with Crippen molar-refractivity contribution >= 4 is 11.8 Å². The Bertz CT molecular complexity index is 1150. The number of carbonyl (C=O) groups is 2. The predicted octanol–water partition coefficient (Wildman–Crippen LogP) is 5.17. The molecule has 0 saturated carbocycles. The van der Waals surface area contributed by atoms with Crippen LogP contribution in [0.3, 0.4) is 0 Å². The van der Waals surface area contributed by atoms with Crippen LogP contribution < -0.4 is 10.1 Å². The van der Waals surface area contributed by atoms with E-state index in [-0.39, 0.29) is 23.7 Å². The molecule has 0 spiro atoms. The number of ether oxygens (including phenoxy) is 2. The molecule has 1 aliphatic carbocycles. The van der Waals surface area contributed by atoms with E-state index in [1.165, 1.54) is 0 Å². The largest absolute Gasteiger partial charge is 0.493 e. The highest BCUT2D eigenvalue weighted by Crippen LogP contribution is 2.42. The van der Waals surface area contributed by atoms with Gasteiger partial charge < -0.3 is 9.47 Å². The smallest absolute Gasteiger partial charge is 0.311 e. The second kappa shape index (κ2) is 9.59. The molecule has 4 rings (SSSR count). The van der Waals surface area contributed by atoms with Gasteiger partial charge in [0.05, 0.1) is 13.0 Å². The van der Waals surface area contributed by atoms with Crippen molar-refractivity contribution in [1.29, 1.82) is 0 Å². The van der Waals surface area contributed by atoms with Gasteiger partial charge in [-0.25, -0.2) is 0 Å². The maximum atomic E-state index is 12.7. The third-order valence-electron chi connectivity index (χ3n) is 5.41. The first-order chi connectivity index (χ1) is 15.8. The molecule has 1 aliphatic rings. The van der Waals surface area contributed by atoms with Gasteiger partial charge in [0.1, 0.15) is 5.75 Å². The van der Waals surface area contributed by atoms with Crippen LogP contribution in [-0.4, -0.2) is 30.1 Å². The van der Waals surface area contributed by atoms with Gasteiger partial charge in [-0.3, -0.25) is 14.9 Å². The first-order valence-electron chi connectivity index (χ1n) is 11.2. The van der Waals surface area contributed by atoms with Crippen LogP contribution in [0.1, 0.15) is 48.7 Å². The summed E-state index contributed by atoms with van der Waals surface area (Å²) in [5.74, 6) is 0.396. The standard InChI is InChI=1S/C28H29NO4/c1-28(2,3)29-24(33-25(30)18-19-10-5-4-6-11-19)16-17-32-23-15-9-14-22-26(23)20-12-7-8-13-21(20)27(22)31/h4-15,24,29H,16-18H2,1-3H3. The predicted molar refractivity (Wildman–Crippen MR) is 128 cm³/mol. The highest BCUT2D eigenvalue weighted by atomic mass is 16.6. The molecule has 1 N–H and O–H groups in total. The summed E-state index contributed by atoms with van der Waals surface area (Å²) in [7, 11) is 0. The Balaban J connectivity index is 1.43. The fraction of sp³-hybridized carbons (Fsp3) is 0.286. The Morgan fingerprint density at radius 1 is 0.879 bits per heavy atom. The van der Waals surface area contributed by atoms with Crippen LogP contribution in [0, 0.1) is 0 Å². The Morgan fingerprint density at radius 2 is 1.55 bits per heavy atom. The van der Waals surface area contributed by atoms with Crippen molar-refractivity contribution in [2.45, 2.75) is 45.4 Å². The minimum atomic E-state index is -0.494. The van der Waals surface area contributed by atoms with E-state index in [1.807, 2.05) is 93.6 Å². The lowest BCUT2D eigenvalue weighted by molar-refractivity contribution is -0.151. The summed E-state index contributed by atoms with van der Waals surface area (Å²) in [5, 5.41) is 3.36. The molecular formula is C28H29NO4. The summed E-state index contributed by atoms with van der Waals surface area (Å²) in [5.41, 5.74) is 3.76. The van der Waals surface area contributed by atoms with E-state index in [0.29, 0.717) is 29.9 Å². The van der Waals surface area contributed by atoms with Gasteiger partial charge in [0, 0.05) is 28.7 Å². The third-order valence-corrected chi connectivity index (χ3v) is 5.41. The topological polar surface area (TPSA) is 64.6 Å². The Morgan fingerprint density at radius 3 is 2.27 bits per heavy atom. The SMILES string of the molecule is CC(C)(C)NC(CCOc1cccc2c1-c1ccccc1C2=O)OC(=O)Cc1ccccc1. The normalized spacial score (nSPS) is 13.2. The van der Waals surface area contributed by atoms with E-state index in [0.717, 1.165) is 16.7 Å². The van der Waals surface area contributed by atoms with E-state index < -0.39 is 6.23 Å². The van der Waals surface area contributed by atoms with Crippen molar-refractivity contribution in [1.82, 2.24) is 5.32 Å². The van der Waals surface area contributed by atoms with Crippen LogP contribution in [0.4, 0.5) is 0 Å². The molecular weight excluding hydrogens is 414 g/mol. The maximum Gasteiger partial charge on any atom is 0.311 e. The number of hydrogen-bond donors (Lipinski definition) is 1. The molecule has 33 heavy (non-hydrogen) atoms. The average molecular weight is 444 g/mol. The Labute approximate surface area is 194 Å². The zero-order valence-corrected chi connectivity index (χ0v) is 19.3.